The van der Waals surface area contributed by atoms with Gasteiger partial charge < -0.3 is 5.32 Å². The van der Waals surface area contributed by atoms with Crippen molar-refractivity contribution in [3.05, 3.63) is 51.6 Å². The third-order valence-electron chi connectivity index (χ3n) is 4.10. The number of hydrogen-bond acceptors (Lipinski definition) is 4. The zero-order valence-corrected chi connectivity index (χ0v) is 15.4. The van der Waals surface area contributed by atoms with Gasteiger partial charge in [-0.05, 0) is 44.5 Å². The van der Waals surface area contributed by atoms with E-state index < -0.39 is 12.0 Å². The summed E-state index contributed by atoms with van der Waals surface area (Å²) >= 11 is 5.90. The lowest BCUT2D eigenvalue weighted by molar-refractivity contribution is -0.144. The van der Waals surface area contributed by atoms with Gasteiger partial charge in [-0.15, -0.1) is 5.10 Å². The molecule has 0 spiro atoms. The van der Waals surface area contributed by atoms with E-state index in [0.29, 0.717) is 27.7 Å². The minimum Gasteiger partial charge on any atom is -0.326 e. The third kappa shape index (κ3) is 3.87. The van der Waals surface area contributed by atoms with E-state index in [4.69, 9.17) is 11.6 Å². The van der Waals surface area contributed by atoms with E-state index in [-0.39, 0.29) is 18.1 Å². The van der Waals surface area contributed by atoms with Crippen LogP contribution in [-0.4, -0.2) is 25.5 Å². The van der Waals surface area contributed by atoms with Crippen molar-refractivity contribution < 1.29 is 18.0 Å². The molecule has 0 aliphatic rings. The van der Waals surface area contributed by atoms with E-state index in [9.17, 15) is 18.0 Å². The number of carbonyl (C=O) groups excluding carboxylic acids is 1. The van der Waals surface area contributed by atoms with Gasteiger partial charge in [0, 0.05) is 27.7 Å². The smallest absolute Gasteiger partial charge is 0.326 e. The lowest BCUT2D eigenvalue weighted by Crippen LogP contribution is -2.18. The largest absolute Gasteiger partial charge is 0.453 e. The molecule has 3 rings (SSSR count). The molecule has 0 fully saturated rings. The summed E-state index contributed by atoms with van der Waals surface area (Å²) in [5.41, 5.74) is 2.69. The number of carbonyl (C=O) groups is 1. The van der Waals surface area contributed by atoms with E-state index in [2.05, 4.69) is 20.4 Å². The predicted molar refractivity (Wildman–Crippen MR) is 93.8 cm³/mol. The number of aryl methyl sites for hydroxylation is 3. The summed E-state index contributed by atoms with van der Waals surface area (Å²) in [7, 11) is 0. The number of halogens is 4. The first kappa shape index (κ1) is 19.1. The maximum Gasteiger partial charge on any atom is 0.453 e. The summed E-state index contributed by atoms with van der Waals surface area (Å²) < 4.78 is 39.5. The van der Waals surface area contributed by atoms with Gasteiger partial charge in [-0.3, -0.25) is 4.79 Å². The van der Waals surface area contributed by atoms with Crippen LogP contribution in [0, 0.1) is 20.8 Å². The van der Waals surface area contributed by atoms with Gasteiger partial charge in [0.1, 0.15) is 0 Å². The van der Waals surface area contributed by atoms with E-state index in [1.165, 1.54) is 0 Å². The van der Waals surface area contributed by atoms with Crippen LogP contribution in [0.4, 0.5) is 18.9 Å². The molecule has 0 saturated heterocycles. The molecule has 6 nitrogen and oxygen atoms in total. The number of nitrogens with one attached hydrogen (secondary N) is 1. The molecule has 0 radical (unpaired) electrons. The minimum atomic E-state index is -4.67. The Balaban J connectivity index is 1.91. The summed E-state index contributed by atoms with van der Waals surface area (Å²) in [6.45, 7) is 5.00. The number of fused-ring (bicyclic) bond motifs is 1. The van der Waals surface area contributed by atoms with Crippen LogP contribution in [0.15, 0.2) is 18.2 Å². The molecule has 0 unspecified atom stereocenters. The van der Waals surface area contributed by atoms with Crippen molar-refractivity contribution in [2.75, 3.05) is 5.32 Å². The van der Waals surface area contributed by atoms with Gasteiger partial charge in [0.25, 0.3) is 11.6 Å². The Morgan fingerprint density at radius 2 is 1.93 bits per heavy atom. The molecule has 1 aromatic carbocycles. The van der Waals surface area contributed by atoms with E-state index in [0.717, 1.165) is 10.1 Å². The Morgan fingerprint density at radius 3 is 2.56 bits per heavy atom. The first-order chi connectivity index (χ1) is 12.6. The molecular formula is C17H15ClF3N5O. The van der Waals surface area contributed by atoms with Crippen LogP contribution < -0.4 is 5.32 Å². The van der Waals surface area contributed by atoms with Crippen LogP contribution in [-0.2, 0) is 17.4 Å². The lowest BCUT2D eigenvalue weighted by atomic mass is 10.1. The number of amides is 1. The van der Waals surface area contributed by atoms with Gasteiger partial charge in [-0.2, -0.15) is 18.2 Å². The van der Waals surface area contributed by atoms with Gasteiger partial charge in [0.2, 0.25) is 5.91 Å². The topological polar surface area (TPSA) is 72.2 Å². The standard InChI is InChI=1S/C17H15ClF3N5O/c1-8-6-11(18)4-5-13(8)23-14(27)7-12-9(2)22-16-24-15(17(19,20)21)25-26(16)10(12)3/h4-6H,7H2,1-3H3,(H,23,27). The van der Waals surface area contributed by atoms with Crippen LogP contribution >= 0.6 is 11.6 Å². The van der Waals surface area contributed by atoms with Crippen LogP contribution in [0.25, 0.3) is 5.78 Å². The highest BCUT2D eigenvalue weighted by atomic mass is 35.5. The highest BCUT2D eigenvalue weighted by Crippen LogP contribution is 2.27. The molecule has 27 heavy (non-hydrogen) atoms. The fraction of sp³-hybridized carbons (Fsp3) is 0.294. The van der Waals surface area contributed by atoms with Crippen molar-refractivity contribution in [3.8, 4) is 0 Å². The highest BCUT2D eigenvalue weighted by molar-refractivity contribution is 6.30. The number of alkyl halides is 3. The lowest BCUT2D eigenvalue weighted by Gasteiger charge is -2.12. The molecule has 2 aromatic heterocycles. The zero-order valence-electron chi connectivity index (χ0n) is 14.6. The minimum absolute atomic E-state index is 0.0656. The molecule has 1 N–H and O–H groups in total. The van der Waals surface area contributed by atoms with Gasteiger partial charge in [-0.25, -0.2) is 9.50 Å². The molecule has 3 aromatic rings. The highest BCUT2D eigenvalue weighted by Gasteiger charge is 2.37. The second kappa shape index (κ2) is 6.80. The summed E-state index contributed by atoms with van der Waals surface area (Å²) in [6.07, 6.45) is -4.73. The number of rotatable bonds is 3. The Bertz CT molecular complexity index is 1050. The van der Waals surface area contributed by atoms with Crippen molar-refractivity contribution in [3.63, 3.8) is 0 Å². The van der Waals surface area contributed by atoms with E-state index in [1.54, 1.807) is 39.0 Å². The fourth-order valence-electron chi connectivity index (χ4n) is 2.71. The molecule has 0 aliphatic heterocycles. The number of benzene rings is 1. The molecule has 2 heterocycles. The van der Waals surface area contributed by atoms with Crippen LogP contribution in [0.5, 0.6) is 0 Å². The number of aromatic nitrogens is 4. The molecular weight excluding hydrogens is 383 g/mol. The molecule has 0 atom stereocenters. The molecule has 0 saturated carbocycles. The van der Waals surface area contributed by atoms with Crippen LogP contribution in [0.1, 0.15) is 28.3 Å². The van der Waals surface area contributed by atoms with E-state index in [1.807, 2.05) is 0 Å². The number of hydrogen-bond donors (Lipinski definition) is 1. The zero-order chi connectivity index (χ0) is 19.9. The summed E-state index contributed by atoms with van der Waals surface area (Å²) in [4.78, 5) is 19.9. The van der Waals surface area contributed by atoms with Crippen molar-refractivity contribution in [1.29, 1.82) is 0 Å². The quantitative estimate of drug-likeness (QED) is 0.727. The number of nitrogens with zero attached hydrogens (tertiary/aromatic N) is 4. The van der Waals surface area contributed by atoms with Gasteiger partial charge in [0.05, 0.1) is 6.42 Å². The Kier molecular flexibility index (Phi) is 4.81. The Morgan fingerprint density at radius 1 is 1.22 bits per heavy atom. The summed E-state index contributed by atoms with van der Waals surface area (Å²) in [5, 5.41) is 6.79. The predicted octanol–water partition coefficient (Wildman–Crippen LogP) is 3.90. The summed E-state index contributed by atoms with van der Waals surface area (Å²) in [6, 6.07) is 5.06. The van der Waals surface area contributed by atoms with Crippen LogP contribution in [0.3, 0.4) is 0 Å². The second-order valence-corrected chi connectivity index (χ2v) is 6.53. The molecule has 1 amide bonds. The van der Waals surface area contributed by atoms with Gasteiger partial charge >= 0.3 is 6.18 Å². The van der Waals surface area contributed by atoms with Crippen LogP contribution in [0.2, 0.25) is 5.02 Å². The molecule has 0 bridgehead atoms. The number of anilines is 1. The fourth-order valence-corrected chi connectivity index (χ4v) is 2.93. The average molecular weight is 398 g/mol. The average Bonchev–Trinajstić information content (AvgIpc) is 2.98. The molecule has 0 aliphatic carbocycles. The third-order valence-corrected chi connectivity index (χ3v) is 4.34. The normalized spacial score (nSPS) is 11.8. The van der Waals surface area contributed by atoms with Crippen molar-refractivity contribution >= 4 is 29.0 Å². The first-order valence-corrected chi connectivity index (χ1v) is 8.30. The maximum absolute atomic E-state index is 12.8. The maximum atomic E-state index is 12.8. The molecule has 10 heteroatoms. The van der Waals surface area contributed by atoms with Crippen molar-refractivity contribution in [1.82, 2.24) is 19.6 Å². The Hall–Kier alpha value is -2.68. The SMILES string of the molecule is Cc1cc(Cl)ccc1NC(=O)Cc1c(C)nc2nc(C(F)(F)F)nn2c1C. The van der Waals surface area contributed by atoms with Gasteiger partial charge in [0.15, 0.2) is 0 Å². The van der Waals surface area contributed by atoms with E-state index >= 15 is 0 Å². The van der Waals surface area contributed by atoms with Gasteiger partial charge in [-0.1, -0.05) is 11.6 Å². The first-order valence-electron chi connectivity index (χ1n) is 7.92. The van der Waals surface area contributed by atoms with Crippen molar-refractivity contribution in [2.45, 2.75) is 33.4 Å². The Labute approximate surface area is 157 Å². The van der Waals surface area contributed by atoms with Crippen molar-refractivity contribution in [2.24, 2.45) is 0 Å². The summed E-state index contributed by atoms with van der Waals surface area (Å²) in [5.74, 6) is -1.75. The molecule has 142 valence electrons. The second-order valence-electron chi connectivity index (χ2n) is 6.09. The monoisotopic (exact) mass is 397 g/mol.